The highest BCUT2D eigenvalue weighted by molar-refractivity contribution is 6.39. The molecule has 1 fully saturated rings. The summed E-state index contributed by atoms with van der Waals surface area (Å²) < 4.78 is 32.7. The Balaban J connectivity index is 1.24. The molecule has 2 heterocycles. The molecule has 0 spiro atoms. The average molecular weight is 593 g/mol. The van der Waals surface area contributed by atoms with E-state index in [-0.39, 0.29) is 18.0 Å². The molecule has 5 rings (SSSR count). The summed E-state index contributed by atoms with van der Waals surface area (Å²) in [5, 5.41) is 9.43. The maximum absolute atomic E-state index is 15.0. The van der Waals surface area contributed by atoms with Crippen molar-refractivity contribution in [2.75, 3.05) is 32.1 Å². The quantitative estimate of drug-likeness (QED) is 0.221. The van der Waals surface area contributed by atoms with Crippen LogP contribution in [0.15, 0.2) is 66.9 Å². The Labute approximate surface area is 247 Å². The number of amides is 2. The summed E-state index contributed by atoms with van der Waals surface area (Å²) >= 11 is 5.86. The first-order chi connectivity index (χ1) is 20.4. The van der Waals surface area contributed by atoms with Gasteiger partial charge in [-0.15, -0.1) is 0 Å². The summed E-state index contributed by atoms with van der Waals surface area (Å²) in [7, 11) is 1.55. The number of hydrogen-bond donors (Lipinski definition) is 3. The summed E-state index contributed by atoms with van der Waals surface area (Å²) in [6, 6.07) is 16.0. The van der Waals surface area contributed by atoms with Gasteiger partial charge in [0.2, 0.25) is 0 Å². The zero-order valence-electron chi connectivity index (χ0n) is 22.9. The van der Waals surface area contributed by atoms with Gasteiger partial charge in [0.25, 0.3) is 0 Å². The minimum atomic E-state index is -0.928. The van der Waals surface area contributed by atoms with Crippen LogP contribution in [0.2, 0.25) is 5.02 Å². The number of aromatic nitrogens is 1. The number of anilines is 1. The van der Waals surface area contributed by atoms with Crippen molar-refractivity contribution in [3.63, 3.8) is 0 Å². The summed E-state index contributed by atoms with van der Waals surface area (Å²) in [5.74, 6) is -0.707. The Bertz CT molecular complexity index is 1580. The number of piperidine rings is 1. The van der Waals surface area contributed by atoms with E-state index in [1.807, 2.05) is 0 Å². The molecule has 0 saturated carbocycles. The first-order valence-electron chi connectivity index (χ1n) is 13.5. The molecule has 1 aromatic heterocycles. The second kappa shape index (κ2) is 13.5. The monoisotopic (exact) mass is 592 g/mol. The van der Waals surface area contributed by atoms with Crippen molar-refractivity contribution in [3.8, 4) is 23.0 Å². The Hall–Kier alpha value is -4.41. The lowest BCUT2D eigenvalue weighted by Crippen LogP contribution is -2.34. The first-order valence-corrected chi connectivity index (χ1v) is 13.9. The number of carbonyl (C=O) groups excluding carboxylic acids is 2. The van der Waals surface area contributed by atoms with Crippen molar-refractivity contribution in [1.82, 2.24) is 15.6 Å². The lowest BCUT2D eigenvalue weighted by atomic mass is 9.99. The van der Waals surface area contributed by atoms with Gasteiger partial charge in [0, 0.05) is 34.9 Å². The highest BCUT2D eigenvalue weighted by Gasteiger charge is 2.19. The topological polar surface area (TPSA) is 111 Å². The fourth-order valence-electron chi connectivity index (χ4n) is 4.64. The number of carbonyl (C=O) groups is 2. The molecule has 42 heavy (non-hydrogen) atoms. The van der Waals surface area contributed by atoms with Gasteiger partial charge in [-0.1, -0.05) is 23.7 Å². The fourth-order valence-corrected chi connectivity index (χ4v) is 4.76. The molecule has 0 aliphatic carbocycles. The summed E-state index contributed by atoms with van der Waals surface area (Å²) in [6.07, 6.45) is 3.65. The van der Waals surface area contributed by atoms with Gasteiger partial charge in [-0.3, -0.25) is 14.6 Å². The number of fused-ring (bicyclic) bond motifs is 1. The van der Waals surface area contributed by atoms with Gasteiger partial charge in [0.1, 0.15) is 11.3 Å². The molecule has 3 N–H and O–H groups in total. The van der Waals surface area contributed by atoms with Gasteiger partial charge in [-0.05, 0) is 79.9 Å². The number of rotatable bonds is 9. The van der Waals surface area contributed by atoms with E-state index in [2.05, 4.69) is 20.9 Å². The molecular weight excluding hydrogens is 563 g/mol. The fraction of sp³-hybridized carbons (Fsp3) is 0.258. The van der Waals surface area contributed by atoms with Crippen LogP contribution in [-0.2, 0) is 16.1 Å². The second-order valence-electron chi connectivity index (χ2n) is 9.82. The van der Waals surface area contributed by atoms with E-state index in [9.17, 15) is 9.59 Å². The van der Waals surface area contributed by atoms with Crippen molar-refractivity contribution in [1.29, 1.82) is 0 Å². The molecule has 4 aromatic rings. The Morgan fingerprint density at radius 2 is 1.76 bits per heavy atom. The van der Waals surface area contributed by atoms with Gasteiger partial charge in [0.05, 0.1) is 13.7 Å². The van der Waals surface area contributed by atoms with Crippen molar-refractivity contribution < 1.29 is 28.2 Å². The maximum atomic E-state index is 15.0. The number of nitrogens with zero attached hydrogens (tertiary/aromatic N) is 1. The minimum Gasteiger partial charge on any atom is -0.491 e. The van der Waals surface area contributed by atoms with Gasteiger partial charge < -0.3 is 30.2 Å². The summed E-state index contributed by atoms with van der Waals surface area (Å²) in [4.78, 5) is 29.0. The van der Waals surface area contributed by atoms with E-state index >= 15 is 4.39 Å². The van der Waals surface area contributed by atoms with Crippen LogP contribution in [0, 0.1) is 11.7 Å². The number of nitrogens with one attached hydrogen (secondary N) is 3. The molecular formula is C31H30ClFN4O5. The second-order valence-corrected chi connectivity index (χ2v) is 10.3. The van der Waals surface area contributed by atoms with E-state index < -0.39 is 17.6 Å². The molecule has 0 unspecified atom stereocenters. The van der Waals surface area contributed by atoms with E-state index in [0.29, 0.717) is 45.7 Å². The Morgan fingerprint density at radius 3 is 2.50 bits per heavy atom. The van der Waals surface area contributed by atoms with Gasteiger partial charge in [-0.25, -0.2) is 4.39 Å². The highest BCUT2D eigenvalue weighted by atomic mass is 35.5. The normalized spacial score (nSPS) is 13.4. The minimum absolute atomic E-state index is 0.0714. The lowest BCUT2D eigenvalue weighted by Gasteiger charge is -2.23. The van der Waals surface area contributed by atoms with Crippen LogP contribution in [0.4, 0.5) is 10.1 Å². The Kier molecular flexibility index (Phi) is 9.35. The largest absolute Gasteiger partial charge is 0.491 e. The number of ether oxygens (including phenoxy) is 3. The molecule has 9 nitrogen and oxygen atoms in total. The van der Waals surface area contributed by atoms with Crippen LogP contribution in [0.25, 0.3) is 10.9 Å². The van der Waals surface area contributed by atoms with Crippen molar-refractivity contribution in [2.24, 2.45) is 5.92 Å². The maximum Gasteiger partial charge on any atom is 0.313 e. The summed E-state index contributed by atoms with van der Waals surface area (Å²) in [5.41, 5.74) is 1.39. The molecule has 1 aliphatic rings. The molecule has 2 amide bonds. The van der Waals surface area contributed by atoms with Crippen molar-refractivity contribution in [3.05, 3.63) is 83.3 Å². The zero-order valence-corrected chi connectivity index (χ0v) is 23.7. The molecule has 218 valence electrons. The van der Waals surface area contributed by atoms with Crippen LogP contribution in [-0.4, -0.2) is 43.6 Å². The van der Waals surface area contributed by atoms with E-state index in [1.165, 1.54) is 12.1 Å². The van der Waals surface area contributed by atoms with E-state index in [0.717, 1.165) is 37.6 Å². The van der Waals surface area contributed by atoms with Crippen LogP contribution >= 0.6 is 11.6 Å². The number of pyridine rings is 1. The average Bonchev–Trinajstić information content (AvgIpc) is 3.01. The first kappa shape index (κ1) is 29.1. The van der Waals surface area contributed by atoms with Gasteiger partial charge in [-0.2, -0.15) is 0 Å². The number of halogens is 2. The number of benzene rings is 3. The predicted octanol–water partition coefficient (Wildman–Crippen LogP) is 5.46. The summed E-state index contributed by atoms with van der Waals surface area (Å²) in [6.45, 7) is 2.68. The van der Waals surface area contributed by atoms with E-state index in [1.54, 1.807) is 55.8 Å². The predicted molar refractivity (Wildman–Crippen MR) is 158 cm³/mol. The lowest BCUT2D eigenvalue weighted by molar-refractivity contribution is -0.136. The third-order valence-corrected chi connectivity index (χ3v) is 7.16. The number of hydrogen-bond acceptors (Lipinski definition) is 7. The molecule has 0 atom stereocenters. The molecule has 1 saturated heterocycles. The van der Waals surface area contributed by atoms with Crippen LogP contribution in [0.5, 0.6) is 23.0 Å². The smallest absolute Gasteiger partial charge is 0.313 e. The molecule has 0 bridgehead atoms. The zero-order chi connectivity index (χ0) is 29.5. The third kappa shape index (κ3) is 7.07. The van der Waals surface area contributed by atoms with Crippen LogP contribution in [0.1, 0.15) is 18.4 Å². The van der Waals surface area contributed by atoms with E-state index in [4.69, 9.17) is 25.8 Å². The number of methoxy groups -OCH3 is 1. The van der Waals surface area contributed by atoms with Gasteiger partial charge in [0.15, 0.2) is 23.1 Å². The van der Waals surface area contributed by atoms with Crippen molar-refractivity contribution in [2.45, 2.75) is 19.4 Å². The van der Waals surface area contributed by atoms with Gasteiger partial charge >= 0.3 is 11.8 Å². The highest BCUT2D eigenvalue weighted by Crippen LogP contribution is 2.40. The van der Waals surface area contributed by atoms with Crippen molar-refractivity contribution >= 4 is 40.0 Å². The molecule has 11 heteroatoms. The third-order valence-electron chi connectivity index (χ3n) is 6.91. The SMILES string of the molecule is COc1c(OCC2CCNCC2)ccc2c(Oc3ccc(NC(=O)C(=O)NCc4ccc(Cl)cc4)cc3F)ccnc12. The van der Waals surface area contributed by atoms with Crippen LogP contribution in [0.3, 0.4) is 0 Å². The Morgan fingerprint density at radius 1 is 1.00 bits per heavy atom. The molecule has 1 aliphatic heterocycles. The molecule has 0 radical (unpaired) electrons. The van der Waals surface area contributed by atoms with Crippen LogP contribution < -0.4 is 30.2 Å². The molecule has 3 aromatic carbocycles. The standard InChI is InChI=1S/C31H30ClFN4O5/c1-40-29-27(41-18-20-10-13-34-14-11-20)9-7-23-25(12-15-35-28(23)29)42-26-8-6-22(16-24(26)33)37-31(39)30(38)36-17-19-2-4-21(32)5-3-19/h2-9,12,15-16,20,34H,10-11,13-14,17-18H2,1H3,(H,36,38)(H,37,39).